The van der Waals surface area contributed by atoms with Crippen LogP contribution in [0.5, 0.6) is 0 Å². The number of amides is 1. The van der Waals surface area contributed by atoms with Crippen molar-refractivity contribution in [3.63, 3.8) is 0 Å². The number of primary amides is 1. The van der Waals surface area contributed by atoms with E-state index in [0.717, 1.165) is 5.56 Å². The Morgan fingerprint density at radius 2 is 2.00 bits per heavy atom. The van der Waals surface area contributed by atoms with E-state index in [1.807, 2.05) is 30.3 Å². The maximum Gasteiger partial charge on any atom is 0.284 e. The van der Waals surface area contributed by atoms with Crippen molar-refractivity contribution in [3.05, 3.63) is 59.5 Å². The molecule has 4 N–H and O–H groups in total. The molecule has 1 heterocycles. The molecule has 0 aliphatic rings. The second kappa shape index (κ2) is 9.36. The van der Waals surface area contributed by atoms with E-state index < -0.39 is 5.91 Å². The molecule has 0 aliphatic heterocycles. The van der Waals surface area contributed by atoms with Gasteiger partial charge in [0.1, 0.15) is 5.76 Å². The third-order valence-corrected chi connectivity index (χ3v) is 3.21. The average molecular weight is 330 g/mol. The lowest BCUT2D eigenvalue weighted by molar-refractivity contribution is 0.0972. The standard InChI is InChI=1S/C17H22N4O3/c1-19-17(21-11-14-7-8-15(24-14)16(18)22)20-9-10-23-12-13-5-3-2-4-6-13/h2-8H,9-12H2,1H3,(H2,18,22)(H2,19,20,21). The van der Waals surface area contributed by atoms with E-state index in [9.17, 15) is 4.79 Å². The number of nitrogens with two attached hydrogens (primary N) is 1. The van der Waals surface area contributed by atoms with Crippen LogP contribution in [-0.2, 0) is 17.9 Å². The summed E-state index contributed by atoms with van der Waals surface area (Å²) in [5.74, 6) is 0.783. The second-order valence-corrected chi connectivity index (χ2v) is 5.02. The molecule has 128 valence electrons. The molecule has 24 heavy (non-hydrogen) atoms. The van der Waals surface area contributed by atoms with Crippen LogP contribution < -0.4 is 16.4 Å². The summed E-state index contributed by atoms with van der Waals surface area (Å²) >= 11 is 0. The molecule has 1 amide bonds. The van der Waals surface area contributed by atoms with Gasteiger partial charge < -0.3 is 25.5 Å². The molecule has 0 atom stereocenters. The van der Waals surface area contributed by atoms with Crippen molar-refractivity contribution in [1.29, 1.82) is 0 Å². The third kappa shape index (κ3) is 5.77. The fourth-order valence-corrected chi connectivity index (χ4v) is 2.00. The Labute approximate surface area is 140 Å². The van der Waals surface area contributed by atoms with E-state index in [1.165, 1.54) is 0 Å². The average Bonchev–Trinajstić information content (AvgIpc) is 3.07. The normalized spacial score (nSPS) is 11.3. The van der Waals surface area contributed by atoms with Gasteiger partial charge in [-0.05, 0) is 17.7 Å². The van der Waals surface area contributed by atoms with Crippen LogP contribution in [-0.4, -0.2) is 32.1 Å². The molecule has 7 nitrogen and oxygen atoms in total. The van der Waals surface area contributed by atoms with Crippen molar-refractivity contribution in [2.75, 3.05) is 20.2 Å². The summed E-state index contributed by atoms with van der Waals surface area (Å²) in [5.41, 5.74) is 6.28. The summed E-state index contributed by atoms with van der Waals surface area (Å²) in [5, 5.41) is 6.22. The maximum atomic E-state index is 11.0. The minimum Gasteiger partial charge on any atom is -0.454 e. The van der Waals surface area contributed by atoms with Crippen LogP contribution in [0.3, 0.4) is 0 Å². The molecule has 0 bridgehead atoms. The lowest BCUT2D eigenvalue weighted by Crippen LogP contribution is -2.38. The Hall–Kier alpha value is -2.80. The van der Waals surface area contributed by atoms with E-state index in [2.05, 4.69) is 15.6 Å². The number of aliphatic imine (C=N–C) groups is 1. The highest BCUT2D eigenvalue weighted by atomic mass is 16.5. The van der Waals surface area contributed by atoms with E-state index in [1.54, 1.807) is 19.2 Å². The molecule has 0 spiro atoms. The molecular formula is C17H22N4O3. The number of hydrogen-bond donors (Lipinski definition) is 3. The van der Waals surface area contributed by atoms with Gasteiger partial charge in [-0.1, -0.05) is 30.3 Å². The topological polar surface area (TPSA) is 102 Å². The number of guanidine groups is 1. The second-order valence-electron chi connectivity index (χ2n) is 5.02. The summed E-state index contributed by atoms with van der Waals surface area (Å²) < 4.78 is 10.9. The number of nitrogens with zero attached hydrogens (tertiary/aromatic N) is 1. The Balaban J connectivity index is 1.64. The van der Waals surface area contributed by atoms with Crippen molar-refractivity contribution in [3.8, 4) is 0 Å². The predicted octanol–water partition coefficient (Wildman–Crippen LogP) is 1.26. The molecule has 0 unspecified atom stereocenters. The Morgan fingerprint density at radius 1 is 1.21 bits per heavy atom. The first kappa shape index (κ1) is 17.6. The zero-order chi connectivity index (χ0) is 17.2. The fraction of sp³-hybridized carbons (Fsp3) is 0.294. The largest absolute Gasteiger partial charge is 0.454 e. The van der Waals surface area contributed by atoms with Gasteiger partial charge in [-0.25, -0.2) is 0 Å². The van der Waals surface area contributed by atoms with Crippen LogP contribution >= 0.6 is 0 Å². The summed E-state index contributed by atoms with van der Waals surface area (Å²) in [7, 11) is 1.68. The van der Waals surface area contributed by atoms with Crippen molar-refractivity contribution in [2.45, 2.75) is 13.2 Å². The number of hydrogen-bond acceptors (Lipinski definition) is 4. The van der Waals surface area contributed by atoms with E-state index in [-0.39, 0.29) is 5.76 Å². The molecule has 0 aliphatic carbocycles. The van der Waals surface area contributed by atoms with Gasteiger partial charge in [0.2, 0.25) is 0 Å². The highest BCUT2D eigenvalue weighted by molar-refractivity contribution is 5.89. The van der Waals surface area contributed by atoms with Gasteiger partial charge in [0.25, 0.3) is 5.91 Å². The molecule has 0 radical (unpaired) electrons. The number of carbonyl (C=O) groups is 1. The van der Waals surface area contributed by atoms with Crippen molar-refractivity contribution >= 4 is 11.9 Å². The van der Waals surface area contributed by atoms with Gasteiger partial charge in [-0.2, -0.15) is 0 Å². The summed E-state index contributed by atoms with van der Waals surface area (Å²) in [6, 6.07) is 13.2. The van der Waals surface area contributed by atoms with E-state index in [4.69, 9.17) is 14.9 Å². The molecule has 2 aromatic rings. The van der Waals surface area contributed by atoms with Crippen LogP contribution in [0.15, 0.2) is 51.9 Å². The quantitative estimate of drug-likeness (QED) is 0.384. The fourth-order valence-electron chi connectivity index (χ4n) is 2.00. The number of furan rings is 1. The number of nitrogens with one attached hydrogen (secondary N) is 2. The van der Waals surface area contributed by atoms with Crippen molar-refractivity contribution < 1.29 is 13.9 Å². The Morgan fingerprint density at radius 3 is 2.67 bits per heavy atom. The van der Waals surface area contributed by atoms with E-state index >= 15 is 0 Å². The third-order valence-electron chi connectivity index (χ3n) is 3.21. The summed E-state index contributed by atoms with van der Waals surface area (Å²) in [6.07, 6.45) is 0. The van der Waals surface area contributed by atoms with Crippen LogP contribution in [0.4, 0.5) is 0 Å². The van der Waals surface area contributed by atoms with Gasteiger partial charge in [0.15, 0.2) is 11.7 Å². The maximum absolute atomic E-state index is 11.0. The number of benzene rings is 1. The molecule has 0 saturated carbocycles. The van der Waals surface area contributed by atoms with Gasteiger partial charge in [0.05, 0.1) is 19.8 Å². The monoisotopic (exact) mass is 330 g/mol. The molecule has 0 fully saturated rings. The van der Waals surface area contributed by atoms with E-state index in [0.29, 0.717) is 38.0 Å². The molecule has 7 heteroatoms. The van der Waals surface area contributed by atoms with Gasteiger partial charge in [-0.3, -0.25) is 9.79 Å². The Bertz CT molecular complexity index is 667. The first-order chi connectivity index (χ1) is 11.7. The first-order valence-electron chi connectivity index (χ1n) is 7.63. The van der Waals surface area contributed by atoms with Crippen molar-refractivity contribution in [2.24, 2.45) is 10.7 Å². The zero-order valence-electron chi connectivity index (χ0n) is 13.6. The van der Waals surface area contributed by atoms with Crippen LogP contribution in [0, 0.1) is 0 Å². The molecule has 0 saturated heterocycles. The van der Waals surface area contributed by atoms with Crippen LogP contribution in [0.2, 0.25) is 0 Å². The smallest absolute Gasteiger partial charge is 0.284 e. The number of ether oxygens (including phenoxy) is 1. The van der Waals surface area contributed by atoms with Crippen LogP contribution in [0.1, 0.15) is 21.9 Å². The highest BCUT2D eigenvalue weighted by Crippen LogP contribution is 2.06. The zero-order valence-corrected chi connectivity index (χ0v) is 13.6. The lowest BCUT2D eigenvalue weighted by atomic mass is 10.2. The van der Waals surface area contributed by atoms with Gasteiger partial charge in [-0.15, -0.1) is 0 Å². The number of carbonyl (C=O) groups excluding carboxylic acids is 1. The summed E-state index contributed by atoms with van der Waals surface area (Å²) in [4.78, 5) is 15.1. The molecule has 2 rings (SSSR count). The number of rotatable bonds is 8. The molecular weight excluding hydrogens is 308 g/mol. The van der Waals surface area contributed by atoms with Crippen molar-refractivity contribution in [1.82, 2.24) is 10.6 Å². The summed E-state index contributed by atoms with van der Waals surface area (Å²) in [6.45, 7) is 2.16. The van der Waals surface area contributed by atoms with Crippen LogP contribution in [0.25, 0.3) is 0 Å². The van der Waals surface area contributed by atoms with Gasteiger partial charge >= 0.3 is 0 Å². The minimum atomic E-state index is -0.584. The Kier molecular flexibility index (Phi) is 6.85. The highest BCUT2D eigenvalue weighted by Gasteiger charge is 2.07. The lowest BCUT2D eigenvalue weighted by Gasteiger charge is -2.11. The minimum absolute atomic E-state index is 0.143. The molecule has 1 aromatic heterocycles. The first-order valence-corrected chi connectivity index (χ1v) is 7.63. The molecule has 1 aromatic carbocycles. The predicted molar refractivity (Wildman–Crippen MR) is 91.5 cm³/mol. The van der Waals surface area contributed by atoms with Gasteiger partial charge in [0, 0.05) is 13.6 Å². The SMILES string of the molecule is CN=C(NCCOCc1ccccc1)NCc1ccc(C(N)=O)o1.